The van der Waals surface area contributed by atoms with Crippen molar-refractivity contribution < 1.29 is 24.6 Å². The number of nitrogens with zero attached hydrogens (tertiary/aromatic N) is 2. The molecule has 2 fully saturated rings. The smallest absolute Gasteiger partial charge is 0.312 e. The van der Waals surface area contributed by atoms with Gasteiger partial charge in [-0.3, -0.25) is 14.4 Å². The van der Waals surface area contributed by atoms with Gasteiger partial charge in [-0.15, -0.1) is 0 Å². The van der Waals surface area contributed by atoms with Gasteiger partial charge in [-0.1, -0.05) is 0 Å². The van der Waals surface area contributed by atoms with Crippen LogP contribution in [0, 0.1) is 10.8 Å². The van der Waals surface area contributed by atoms with E-state index in [0.29, 0.717) is 0 Å². The van der Waals surface area contributed by atoms with Crippen molar-refractivity contribution in [2.24, 2.45) is 10.8 Å². The highest BCUT2D eigenvalue weighted by molar-refractivity contribution is 5.97. The van der Waals surface area contributed by atoms with E-state index in [1.165, 1.54) is 4.90 Å². The average molecular weight is 306 g/mol. The van der Waals surface area contributed by atoms with Gasteiger partial charge in [0, 0.05) is 25.5 Å². The number of piperidine rings is 1. The largest absolute Gasteiger partial charge is 0.481 e. The maximum absolute atomic E-state index is 12.8. The highest BCUT2D eigenvalue weighted by atomic mass is 16.4. The summed E-state index contributed by atoms with van der Waals surface area (Å²) in [5.74, 6) is -2.54. The topological polar surface area (TPSA) is 99.8 Å². The Morgan fingerprint density at radius 3 is 1.86 bits per heavy atom. The predicted octanol–water partition coefficient (Wildman–Crippen LogP) is 0.611. The molecule has 1 saturated heterocycles. The molecule has 0 aromatic carbocycles. The molecule has 0 bridgehead atoms. The van der Waals surface area contributed by atoms with Crippen molar-refractivity contribution in [3.8, 4) is 0 Å². The summed E-state index contributed by atoms with van der Waals surface area (Å²) in [6, 6.07) is 3.60. The summed E-state index contributed by atoms with van der Waals surface area (Å²) < 4.78 is 1.74. The molecule has 1 amide bonds. The summed E-state index contributed by atoms with van der Waals surface area (Å²) in [6.45, 7) is 3.39. The highest BCUT2D eigenvalue weighted by Crippen LogP contribution is 2.68. The molecule has 1 aliphatic carbocycles. The van der Waals surface area contributed by atoms with Crippen LogP contribution in [0.1, 0.15) is 20.3 Å². The zero-order valence-corrected chi connectivity index (χ0v) is 12.4. The second kappa shape index (κ2) is 4.12. The van der Waals surface area contributed by atoms with Crippen molar-refractivity contribution in [3.05, 3.63) is 24.5 Å². The first-order valence-electron chi connectivity index (χ1n) is 7.07. The quantitative estimate of drug-likeness (QED) is 0.849. The number of aliphatic carboxylic acids is 2. The van der Waals surface area contributed by atoms with E-state index in [2.05, 4.69) is 0 Å². The molecule has 0 radical (unpaired) electrons. The van der Waals surface area contributed by atoms with Gasteiger partial charge >= 0.3 is 11.9 Å². The first-order valence-corrected chi connectivity index (χ1v) is 7.07. The van der Waals surface area contributed by atoms with E-state index in [1.54, 1.807) is 42.9 Å². The van der Waals surface area contributed by atoms with E-state index in [1.807, 2.05) is 0 Å². The van der Waals surface area contributed by atoms with Crippen LogP contribution in [0.5, 0.6) is 0 Å². The minimum Gasteiger partial charge on any atom is -0.481 e. The molecular formula is C15H18N2O5. The zero-order valence-electron chi connectivity index (χ0n) is 12.4. The van der Waals surface area contributed by atoms with Gasteiger partial charge < -0.3 is 19.7 Å². The highest BCUT2D eigenvalue weighted by Gasteiger charge is 2.81. The normalized spacial score (nSPS) is 30.0. The number of hydrogen-bond acceptors (Lipinski definition) is 3. The number of carboxylic acid groups (broad SMARTS) is 2. The molecule has 1 aliphatic heterocycles. The Bertz CT molecular complexity index is 637. The second-order valence-corrected chi connectivity index (χ2v) is 6.76. The van der Waals surface area contributed by atoms with Crippen molar-refractivity contribution >= 4 is 17.8 Å². The Hall–Kier alpha value is -2.31. The molecule has 0 spiro atoms. The zero-order chi connectivity index (χ0) is 16.3. The third-order valence-electron chi connectivity index (χ3n) is 5.20. The Labute approximate surface area is 127 Å². The molecule has 1 aromatic heterocycles. The monoisotopic (exact) mass is 306 g/mol. The number of fused-ring (bicyclic) bond motifs is 1. The fourth-order valence-corrected chi connectivity index (χ4v) is 3.64. The molecule has 2 N–H and O–H groups in total. The summed E-state index contributed by atoms with van der Waals surface area (Å²) in [5.41, 5.74) is -3.55. The molecule has 118 valence electrons. The Morgan fingerprint density at radius 2 is 1.45 bits per heavy atom. The summed E-state index contributed by atoms with van der Waals surface area (Å²) in [6.07, 6.45) is 3.61. The summed E-state index contributed by atoms with van der Waals surface area (Å²) in [4.78, 5) is 37.2. The Balaban J connectivity index is 1.88. The first-order chi connectivity index (χ1) is 10.2. The van der Waals surface area contributed by atoms with Gasteiger partial charge in [-0.2, -0.15) is 0 Å². The van der Waals surface area contributed by atoms with Gasteiger partial charge in [-0.25, -0.2) is 0 Å². The van der Waals surface area contributed by atoms with Gasteiger partial charge in [0.05, 0.1) is 0 Å². The summed E-state index contributed by atoms with van der Waals surface area (Å²) >= 11 is 0. The number of rotatable bonds is 4. The maximum Gasteiger partial charge on any atom is 0.312 e. The standard InChI is InChI=1S/C15H18N2O5/c1-13(2,17-5-3-4-6-17)10(18)16-8-14(11(19)20)7-15(14,9-16)12(21)22/h3-6H,7-9H2,1-2H3,(H,19,20)(H,21,22)/t14-,15+. The van der Waals surface area contributed by atoms with E-state index in [-0.39, 0.29) is 25.4 Å². The number of carbonyl (C=O) groups excluding carboxylic acids is 1. The third kappa shape index (κ3) is 1.59. The second-order valence-electron chi connectivity index (χ2n) is 6.76. The van der Waals surface area contributed by atoms with Crippen LogP contribution in [0.3, 0.4) is 0 Å². The van der Waals surface area contributed by atoms with Crippen molar-refractivity contribution in [2.45, 2.75) is 25.8 Å². The van der Waals surface area contributed by atoms with E-state index < -0.39 is 28.3 Å². The molecule has 2 heterocycles. The lowest BCUT2D eigenvalue weighted by Crippen LogP contribution is -2.47. The third-order valence-corrected chi connectivity index (χ3v) is 5.20. The lowest BCUT2D eigenvalue weighted by atomic mass is 9.97. The molecule has 7 nitrogen and oxygen atoms in total. The van der Waals surface area contributed by atoms with Crippen LogP contribution >= 0.6 is 0 Å². The van der Waals surface area contributed by atoms with Crippen LogP contribution in [0.25, 0.3) is 0 Å². The number of hydrogen-bond donors (Lipinski definition) is 2. The van der Waals surface area contributed by atoms with E-state index in [9.17, 15) is 24.6 Å². The molecule has 2 aliphatic rings. The molecule has 0 unspecified atom stereocenters. The van der Waals surface area contributed by atoms with E-state index >= 15 is 0 Å². The number of aromatic nitrogens is 1. The van der Waals surface area contributed by atoms with Crippen LogP contribution in [-0.2, 0) is 19.9 Å². The van der Waals surface area contributed by atoms with Crippen molar-refractivity contribution in [1.29, 1.82) is 0 Å². The van der Waals surface area contributed by atoms with Gasteiger partial charge in [0.15, 0.2) is 0 Å². The molecule has 2 atom stereocenters. The number of carboxylic acids is 2. The lowest BCUT2D eigenvalue weighted by Gasteiger charge is -2.32. The minimum atomic E-state index is -1.33. The molecular weight excluding hydrogens is 288 g/mol. The molecule has 22 heavy (non-hydrogen) atoms. The van der Waals surface area contributed by atoms with Gasteiger partial charge in [-0.05, 0) is 32.4 Å². The number of carbonyl (C=O) groups is 3. The van der Waals surface area contributed by atoms with Gasteiger partial charge in [0.1, 0.15) is 16.4 Å². The molecule has 3 rings (SSSR count). The van der Waals surface area contributed by atoms with Crippen LogP contribution in [0.2, 0.25) is 0 Å². The number of amides is 1. The molecule has 7 heteroatoms. The van der Waals surface area contributed by atoms with E-state index in [0.717, 1.165) is 0 Å². The van der Waals surface area contributed by atoms with Gasteiger partial charge in [0.2, 0.25) is 5.91 Å². The maximum atomic E-state index is 12.8. The molecule has 1 saturated carbocycles. The SMILES string of the molecule is CC(C)(C(=O)N1C[C@@]2(C(=O)O)C[C@@]2(C(=O)O)C1)n1cccc1. The van der Waals surface area contributed by atoms with Gasteiger partial charge in [0.25, 0.3) is 0 Å². The molecule has 1 aromatic rings. The lowest BCUT2D eigenvalue weighted by molar-refractivity contribution is -0.151. The fraction of sp³-hybridized carbons (Fsp3) is 0.533. The minimum absolute atomic E-state index is 0.0435. The fourth-order valence-electron chi connectivity index (χ4n) is 3.64. The van der Waals surface area contributed by atoms with Crippen molar-refractivity contribution in [1.82, 2.24) is 9.47 Å². The summed E-state index contributed by atoms with van der Waals surface area (Å²) in [7, 11) is 0. The average Bonchev–Trinajstić information content (AvgIpc) is 2.86. The Kier molecular flexibility index (Phi) is 2.74. The predicted molar refractivity (Wildman–Crippen MR) is 75.1 cm³/mol. The van der Waals surface area contributed by atoms with E-state index in [4.69, 9.17) is 0 Å². The Morgan fingerprint density at radius 1 is 1.00 bits per heavy atom. The van der Waals surface area contributed by atoms with Crippen LogP contribution in [0.15, 0.2) is 24.5 Å². The number of likely N-dealkylation sites (tertiary alicyclic amines) is 1. The van der Waals surface area contributed by atoms with Crippen molar-refractivity contribution in [3.63, 3.8) is 0 Å². The van der Waals surface area contributed by atoms with Crippen LogP contribution in [0.4, 0.5) is 0 Å². The summed E-state index contributed by atoms with van der Waals surface area (Å²) in [5, 5.41) is 18.8. The van der Waals surface area contributed by atoms with Crippen molar-refractivity contribution in [2.75, 3.05) is 13.1 Å². The van der Waals surface area contributed by atoms with Crippen LogP contribution < -0.4 is 0 Å². The van der Waals surface area contributed by atoms with Crippen LogP contribution in [-0.4, -0.2) is 50.6 Å². The first kappa shape index (κ1) is 14.6.